The third-order valence-electron chi connectivity index (χ3n) is 4.33. The second kappa shape index (κ2) is 8.68. The van der Waals surface area contributed by atoms with Gasteiger partial charge in [-0.2, -0.15) is 0 Å². The number of carbonyl (C=O) groups is 1. The maximum atomic E-state index is 13.4. The van der Waals surface area contributed by atoms with E-state index in [1.807, 2.05) is 0 Å². The number of ether oxygens (including phenoxy) is 1. The highest BCUT2D eigenvalue weighted by atomic mass is 19.1. The summed E-state index contributed by atoms with van der Waals surface area (Å²) in [6, 6.07) is 13.4. The van der Waals surface area contributed by atoms with Crippen molar-refractivity contribution >= 4 is 11.6 Å². The van der Waals surface area contributed by atoms with Gasteiger partial charge in [0.2, 0.25) is 12.8 Å². The first kappa shape index (κ1) is 20.3. The number of alkyl halides is 1. The molecule has 3 aromatic rings. The van der Waals surface area contributed by atoms with Gasteiger partial charge in [-0.25, -0.2) is 8.78 Å². The zero-order valence-corrected chi connectivity index (χ0v) is 16.0. The summed E-state index contributed by atoms with van der Waals surface area (Å²) in [5.41, 5.74) is 1.70. The second-order valence-corrected chi connectivity index (χ2v) is 6.71. The highest BCUT2D eigenvalue weighted by Crippen LogP contribution is 2.28. The zero-order valence-electron chi connectivity index (χ0n) is 16.0. The maximum absolute atomic E-state index is 13.4. The average Bonchev–Trinajstić information content (AvgIpc) is 2.70. The van der Waals surface area contributed by atoms with Gasteiger partial charge >= 0.3 is 0 Å². The quantitative estimate of drug-likeness (QED) is 0.663. The lowest BCUT2D eigenvalue weighted by Gasteiger charge is -2.16. The van der Waals surface area contributed by atoms with E-state index in [9.17, 15) is 18.4 Å². The number of aromatic nitrogens is 1. The van der Waals surface area contributed by atoms with E-state index in [-0.39, 0.29) is 17.4 Å². The van der Waals surface area contributed by atoms with Crippen molar-refractivity contribution < 1.29 is 18.3 Å². The first-order valence-electron chi connectivity index (χ1n) is 9.01. The van der Waals surface area contributed by atoms with Crippen molar-refractivity contribution in [1.82, 2.24) is 4.57 Å². The van der Waals surface area contributed by atoms with Crippen molar-refractivity contribution in [3.63, 3.8) is 0 Å². The van der Waals surface area contributed by atoms with E-state index in [0.717, 1.165) is 0 Å². The van der Waals surface area contributed by atoms with Crippen molar-refractivity contribution in [1.29, 1.82) is 0 Å². The summed E-state index contributed by atoms with van der Waals surface area (Å²) in [6.45, 7) is 2.54. The van der Waals surface area contributed by atoms with Crippen LogP contribution in [-0.2, 0) is 4.79 Å². The first-order valence-corrected chi connectivity index (χ1v) is 9.01. The van der Waals surface area contributed by atoms with E-state index < -0.39 is 12.7 Å². The second-order valence-electron chi connectivity index (χ2n) is 6.71. The number of rotatable bonds is 6. The van der Waals surface area contributed by atoms with Crippen molar-refractivity contribution in [2.24, 2.45) is 5.92 Å². The van der Waals surface area contributed by atoms with Crippen LogP contribution in [0.4, 0.5) is 14.5 Å². The summed E-state index contributed by atoms with van der Waals surface area (Å²) in [5.74, 6) is -0.568. The Morgan fingerprint density at radius 2 is 1.76 bits per heavy atom. The number of nitrogens with zero attached hydrogens (tertiary/aromatic N) is 1. The molecular weight excluding hydrogens is 378 g/mol. The molecule has 1 heterocycles. The number of hydrogen-bond acceptors (Lipinski definition) is 3. The average molecular weight is 398 g/mol. The smallest absolute Gasteiger partial charge is 0.257 e. The molecule has 7 heteroatoms. The summed E-state index contributed by atoms with van der Waals surface area (Å²) in [7, 11) is 0. The van der Waals surface area contributed by atoms with Gasteiger partial charge in [0.25, 0.3) is 5.56 Å². The monoisotopic (exact) mass is 398 g/mol. The topological polar surface area (TPSA) is 60.3 Å². The SMILES string of the molecule is CC(C)C(=O)Nc1cc(=O)n(-c2ccc(OCF)cc2)cc1-c1ccc(F)cc1. The molecule has 1 N–H and O–H groups in total. The number of amides is 1. The zero-order chi connectivity index (χ0) is 21.0. The van der Waals surface area contributed by atoms with Crippen LogP contribution in [0.15, 0.2) is 65.6 Å². The van der Waals surface area contributed by atoms with Gasteiger partial charge in [-0.05, 0) is 42.0 Å². The van der Waals surface area contributed by atoms with Crippen LogP contribution in [0.25, 0.3) is 16.8 Å². The Bertz CT molecular complexity index is 1060. The minimum atomic E-state index is -0.946. The first-order chi connectivity index (χ1) is 13.9. The van der Waals surface area contributed by atoms with E-state index in [1.54, 1.807) is 56.4 Å². The maximum Gasteiger partial charge on any atom is 0.257 e. The van der Waals surface area contributed by atoms with Crippen LogP contribution in [0.3, 0.4) is 0 Å². The third-order valence-corrected chi connectivity index (χ3v) is 4.33. The molecule has 0 aliphatic rings. The number of anilines is 1. The Labute approximate surface area is 166 Å². The highest BCUT2D eigenvalue weighted by molar-refractivity contribution is 5.96. The van der Waals surface area contributed by atoms with E-state index in [4.69, 9.17) is 4.74 Å². The molecule has 0 aliphatic heterocycles. The van der Waals surface area contributed by atoms with E-state index in [2.05, 4.69) is 5.32 Å². The Morgan fingerprint density at radius 1 is 1.10 bits per heavy atom. The largest absolute Gasteiger partial charge is 0.463 e. The van der Waals surface area contributed by atoms with Gasteiger partial charge in [0.1, 0.15) is 11.6 Å². The molecule has 0 aliphatic carbocycles. The van der Waals surface area contributed by atoms with Gasteiger partial charge in [-0.1, -0.05) is 26.0 Å². The van der Waals surface area contributed by atoms with Crippen molar-refractivity contribution in [3.8, 4) is 22.6 Å². The number of nitrogens with one attached hydrogen (secondary N) is 1. The highest BCUT2D eigenvalue weighted by Gasteiger charge is 2.15. The predicted octanol–water partition coefficient (Wildman–Crippen LogP) is 4.54. The fraction of sp³-hybridized carbons (Fsp3) is 0.182. The number of carbonyl (C=O) groups excluding carboxylic acids is 1. The molecule has 5 nitrogen and oxygen atoms in total. The lowest BCUT2D eigenvalue weighted by molar-refractivity contribution is -0.118. The Balaban J connectivity index is 2.11. The van der Waals surface area contributed by atoms with Gasteiger partial charge in [0.15, 0.2) is 0 Å². The van der Waals surface area contributed by atoms with Crippen LogP contribution in [0.2, 0.25) is 0 Å². The molecule has 0 saturated heterocycles. The van der Waals surface area contributed by atoms with Crippen LogP contribution in [0.5, 0.6) is 5.75 Å². The molecule has 0 bridgehead atoms. The van der Waals surface area contributed by atoms with Crippen molar-refractivity contribution in [3.05, 3.63) is 77.0 Å². The third kappa shape index (κ3) is 4.68. The molecule has 29 heavy (non-hydrogen) atoms. The molecule has 2 aromatic carbocycles. The molecule has 0 spiro atoms. The van der Waals surface area contributed by atoms with E-state index in [0.29, 0.717) is 28.3 Å². The number of benzene rings is 2. The normalized spacial score (nSPS) is 10.8. The molecule has 0 unspecified atom stereocenters. The van der Waals surface area contributed by atoms with Crippen molar-refractivity contribution in [2.75, 3.05) is 12.2 Å². The van der Waals surface area contributed by atoms with Crippen LogP contribution in [0.1, 0.15) is 13.8 Å². The van der Waals surface area contributed by atoms with E-state index >= 15 is 0 Å². The molecule has 0 radical (unpaired) electrons. The molecule has 150 valence electrons. The van der Waals surface area contributed by atoms with Crippen LogP contribution in [0, 0.1) is 11.7 Å². The summed E-state index contributed by atoms with van der Waals surface area (Å²) < 4.78 is 31.8. The van der Waals surface area contributed by atoms with Crippen LogP contribution < -0.4 is 15.6 Å². The molecule has 3 rings (SSSR count). The predicted molar refractivity (Wildman–Crippen MR) is 108 cm³/mol. The lowest BCUT2D eigenvalue weighted by Crippen LogP contribution is -2.23. The van der Waals surface area contributed by atoms with E-state index in [1.165, 1.54) is 22.8 Å². The Hall–Kier alpha value is -3.48. The molecular formula is C22H20F2N2O3. The van der Waals surface area contributed by atoms with Gasteiger partial charge < -0.3 is 10.1 Å². The summed E-state index contributed by atoms with van der Waals surface area (Å²) in [5, 5.41) is 2.76. The van der Waals surface area contributed by atoms with Crippen LogP contribution >= 0.6 is 0 Å². The number of hydrogen-bond donors (Lipinski definition) is 1. The molecule has 0 saturated carbocycles. The number of halogens is 2. The van der Waals surface area contributed by atoms with Gasteiger partial charge in [0.05, 0.1) is 5.69 Å². The standard InChI is InChI=1S/C22H20F2N2O3/c1-14(2)22(28)25-20-11-21(27)26(17-7-9-18(10-8-17)29-13-23)12-19(20)15-3-5-16(24)6-4-15/h3-12,14H,13H2,1-2H3,(H,25,28). The van der Waals surface area contributed by atoms with Gasteiger partial charge in [-0.3, -0.25) is 14.2 Å². The summed E-state index contributed by atoms with van der Waals surface area (Å²) in [6.07, 6.45) is 1.58. The van der Waals surface area contributed by atoms with Gasteiger partial charge in [0, 0.05) is 29.4 Å². The molecule has 0 atom stereocenters. The fourth-order valence-electron chi connectivity index (χ4n) is 2.74. The summed E-state index contributed by atoms with van der Waals surface area (Å²) in [4.78, 5) is 24.9. The lowest BCUT2D eigenvalue weighted by atomic mass is 10.0. The minimum absolute atomic E-state index is 0.238. The fourth-order valence-corrected chi connectivity index (χ4v) is 2.74. The Morgan fingerprint density at radius 3 is 2.34 bits per heavy atom. The number of pyridine rings is 1. The summed E-state index contributed by atoms with van der Waals surface area (Å²) >= 11 is 0. The molecule has 1 aromatic heterocycles. The van der Waals surface area contributed by atoms with Crippen LogP contribution in [-0.4, -0.2) is 17.3 Å². The molecule has 0 fully saturated rings. The minimum Gasteiger partial charge on any atom is -0.463 e. The van der Waals surface area contributed by atoms with Crippen molar-refractivity contribution in [2.45, 2.75) is 13.8 Å². The molecule has 1 amide bonds. The van der Waals surface area contributed by atoms with Gasteiger partial charge in [-0.15, -0.1) is 0 Å². The Kier molecular flexibility index (Phi) is 6.07.